The Balaban J connectivity index is 1.30. The molecule has 0 radical (unpaired) electrons. The molecule has 0 aliphatic carbocycles. The van der Waals surface area contributed by atoms with Crippen LogP contribution in [0, 0.1) is 0 Å². The molecule has 8 nitrogen and oxygen atoms in total. The Bertz CT molecular complexity index is 1420. The zero-order chi connectivity index (χ0) is 25.0. The summed E-state index contributed by atoms with van der Waals surface area (Å²) in [4.78, 5) is 3.43. The summed E-state index contributed by atoms with van der Waals surface area (Å²) < 4.78 is 36.9. The Morgan fingerprint density at radius 3 is 2.34 bits per heavy atom. The summed E-state index contributed by atoms with van der Waals surface area (Å²) in [6, 6.07) is 18.7. The quantitative estimate of drug-likeness (QED) is 0.231. The monoisotopic (exact) mass is 497 g/mol. The minimum atomic E-state index is -3.37. The van der Waals surface area contributed by atoms with Crippen LogP contribution in [0.25, 0.3) is 21.8 Å². The highest BCUT2D eigenvalue weighted by molar-refractivity contribution is 7.92. The van der Waals surface area contributed by atoms with Gasteiger partial charge in [0, 0.05) is 41.7 Å². The molecule has 0 aliphatic heterocycles. The van der Waals surface area contributed by atoms with Gasteiger partial charge in [0.2, 0.25) is 10.0 Å². The lowest BCUT2D eigenvalue weighted by Crippen LogP contribution is -2.26. The van der Waals surface area contributed by atoms with Gasteiger partial charge in [-0.25, -0.2) is 8.42 Å². The second-order valence-corrected chi connectivity index (χ2v) is 10.5. The van der Waals surface area contributed by atoms with E-state index in [0.717, 1.165) is 39.6 Å². The lowest BCUT2D eigenvalue weighted by molar-refractivity contribution is 0.172. The van der Waals surface area contributed by atoms with Gasteiger partial charge in [-0.2, -0.15) is 0 Å². The molecule has 1 aromatic heterocycles. The second kappa shape index (κ2) is 10.6. The second-order valence-electron chi connectivity index (χ2n) is 8.77. The first kappa shape index (κ1) is 24.8. The topological polar surface area (TPSA) is 113 Å². The maximum Gasteiger partial charge on any atom is 0.229 e. The molecule has 4 aromatic rings. The fraction of sp³-hybridized carbons (Fsp3) is 0.308. The number of ether oxygens (including phenoxy) is 2. The van der Waals surface area contributed by atoms with Gasteiger partial charge in [-0.15, -0.1) is 0 Å². The maximum absolute atomic E-state index is 11.4. The average molecular weight is 498 g/mol. The van der Waals surface area contributed by atoms with Gasteiger partial charge < -0.3 is 24.9 Å². The number of anilines is 1. The van der Waals surface area contributed by atoms with Crippen LogP contribution in [0.3, 0.4) is 0 Å². The number of nitrogens with one attached hydrogen (secondary N) is 3. The van der Waals surface area contributed by atoms with Gasteiger partial charge in [0.25, 0.3) is 0 Å². The molecule has 4 N–H and O–H groups in total. The first-order valence-corrected chi connectivity index (χ1v) is 13.4. The number of hydrogen-bond donors (Lipinski definition) is 4. The van der Waals surface area contributed by atoms with Gasteiger partial charge in [0.05, 0.1) is 29.5 Å². The van der Waals surface area contributed by atoms with E-state index in [2.05, 4.69) is 21.1 Å². The van der Waals surface area contributed by atoms with Crippen LogP contribution in [0.15, 0.2) is 60.7 Å². The van der Waals surface area contributed by atoms with Crippen LogP contribution in [0.2, 0.25) is 0 Å². The number of aliphatic hydroxyl groups is 1. The standard InChI is InChI=1S/C26H31N3O5S/c1-17(2)34-21-8-10-23-22-9-7-20(14-24(22)28-25(23)15-21)33-12-11-27-16-26(30)18-5-4-6-19(13-18)29-35(3,31)32/h4-10,13-15,17,26-30H,11-12,16H2,1-3H3. The first-order chi connectivity index (χ1) is 16.7. The predicted octanol–water partition coefficient (Wildman–Crippen LogP) is 4.18. The molecule has 0 amide bonds. The minimum Gasteiger partial charge on any atom is -0.492 e. The van der Waals surface area contributed by atoms with E-state index >= 15 is 0 Å². The molecule has 0 aliphatic rings. The average Bonchev–Trinajstić information content (AvgIpc) is 3.14. The van der Waals surface area contributed by atoms with Crippen molar-refractivity contribution >= 4 is 37.5 Å². The van der Waals surface area contributed by atoms with Crippen LogP contribution in [-0.4, -0.2) is 50.6 Å². The van der Waals surface area contributed by atoms with Crippen molar-refractivity contribution in [2.75, 3.05) is 30.7 Å². The van der Waals surface area contributed by atoms with Crippen LogP contribution in [0.5, 0.6) is 11.5 Å². The highest BCUT2D eigenvalue weighted by Crippen LogP contribution is 2.31. The third-order valence-corrected chi connectivity index (χ3v) is 5.98. The molecule has 0 bridgehead atoms. The van der Waals surface area contributed by atoms with Crippen LogP contribution in [-0.2, 0) is 10.0 Å². The van der Waals surface area contributed by atoms with E-state index in [1.807, 2.05) is 44.2 Å². The number of rotatable bonds is 11. The van der Waals surface area contributed by atoms with Crippen molar-refractivity contribution in [2.24, 2.45) is 0 Å². The molecule has 35 heavy (non-hydrogen) atoms. The lowest BCUT2D eigenvalue weighted by Gasteiger charge is -2.14. The smallest absolute Gasteiger partial charge is 0.229 e. The zero-order valence-corrected chi connectivity index (χ0v) is 20.9. The summed E-state index contributed by atoms with van der Waals surface area (Å²) in [7, 11) is -3.37. The lowest BCUT2D eigenvalue weighted by atomic mass is 10.1. The van der Waals surface area contributed by atoms with Crippen molar-refractivity contribution in [1.29, 1.82) is 0 Å². The van der Waals surface area contributed by atoms with E-state index in [9.17, 15) is 13.5 Å². The molecular weight excluding hydrogens is 466 g/mol. The molecule has 9 heteroatoms. The first-order valence-electron chi connectivity index (χ1n) is 11.5. The van der Waals surface area contributed by atoms with Crippen molar-refractivity contribution in [3.05, 3.63) is 66.2 Å². The maximum atomic E-state index is 11.4. The molecule has 186 valence electrons. The number of aromatic nitrogens is 1. The van der Waals surface area contributed by atoms with Crippen molar-refractivity contribution in [1.82, 2.24) is 10.3 Å². The Kier molecular flexibility index (Phi) is 7.49. The normalized spacial score (nSPS) is 12.8. The Morgan fingerprint density at radius 1 is 0.971 bits per heavy atom. The third-order valence-electron chi connectivity index (χ3n) is 5.37. The molecule has 1 atom stereocenters. The molecule has 0 saturated heterocycles. The summed E-state index contributed by atoms with van der Waals surface area (Å²) in [5, 5.41) is 15.8. The van der Waals surface area contributed by atoms with Crippen molar-refractivity contribution in [3.63, 3.8) is 0 Å². The van der Waals surface area contributed by atoms with Crippen molar-refractivity contribution in [2.45, 2.75) is 26.1 Å². The molecule has 1 heterocycles. The summed E-state index contributed by atoms with van der Waals surface area (Å²) in [6.07, 6.45) is 0.434. The molecule has 3 aromatic carbocycles. The van der Waals surface area contributed by atoms with Gasteiger partial charge >= 0.3 is 0 Å². The van der Waals surface area contributed by atoms with E-state index in [1.54, 1.807) is 24.3 Å². The third kappa shape index (κ3) is 6.66. The number of aromatic amines is 1. The number of hydrogen-bond acceptors (Lipinski definition) is 6. The van der Waals surface area contributed by atoms with Crippen molar-refractivity contribution < 1.29 is 23.0 Å². The highest BCUT2D eigenvalue weighted by atomic mass is 32.2. The summed E-state index contributed by atoms with van der Waals surface area (Å²) in [5.74, 6) is 1.59. The van der Waals surface area contributed by atoms with Crippen LogP contribution in [0.4, 0.5) is 5.69 Å². The molecule has 0 saturated carbocycles. The number of fused-ring (bicyclic) bond motifs is 3. The molecule has 0 fully saturated rings. The van der Waals surface area contributed by atoms with Gasteiger partial charge in [-0.1, -0.05) is 12.1 Å². The molecule has 0 spiro atoms. The SMILES string of the molecule is CC(C)Oc1ccc2c(c1)[nH]c1cc(OCCNCC(O)c3cccc(NS(C)(=O)=O)c3)ccc12. The molecular formula is C26H31N3O5S. The Hall–Kier alpha value is -3.27. The summed E-state index contributed by atoms with van der Waals surface area (Å²) in [5.41, 5.74) is 3.05. The van der Waals surface area contributed by atoms with Gasteiger partial charge in [-0.3, -0.25) is 4.72 Å². The Morgan fingerprint density at radius 2 is 1.66 bits per heavy atom. The minimum absolute atomic E-state index is 0.119. The van der Waals surface area contributed by atoms with E-state index in [-0.39, 0.29) is 6.10 Å². The summed E-state index contributed by atoms with van der Waals surface area (Å²) in [6.45, 7) is 5.30. The predicted molar refractivity (Wildman–Crippen MR) is 140 cm³/mol. The number of aliphatic hydroxyl groups excluding tert-OH is 1. The van der Waals surface area contributed by atoms with Crippen LogP contribution < -0.4 is 19.5 Å². The van der Waals surface area contributed by atoms with E-state index in [0.29, 0.717) is 30.9 Å². The van der Waals surface area contributed by atoms with Gasteiger partial charge in [0.1, 0.15) is 18.1 Å². The fourth-order valence-electron chi connectivity index (χ4n) is 3.92. The number of sulfonamides is 1. The van der Waals surface area contributed by atoms with Gasteiger partial charge in [0.15, 0.2) is 0 Å². The van der Waals surface area contributed by atoms with Crippen LogP contribution >= 0.6 is 0 Å². The fourth-order valence-corrected chi connectivity index (χ4v) is 4.48. The zero-order valence-electron chi connectivity index (χ0n) is 20.0. The van der Waals surface area contributed by atoms with Crippen LogP contribution in [0.1, 0.15) is 25.5 Å². The molecule has 1 unspecified atom stereocenters. The molecule has 4 rings (SSSR count). The largest absolute Gasteiger partial charge is 0.492 e. The highest BCUT2D eigenvalue weighted by Gasteiger charge is 2.10. The van der Waals surface area contributed by atoms with E-state index in [4.69, 9.17) is 9.47 Å². The van der Waals surface area contributed by atoms with E-state index < -0.39 is 16.1 Å². The Labute approximate surface area is 205 Å². The van der Waals surface area contributed by atoms with Gasteiger partial charge in [-0.05, 0) is 55.8 Å². The number of benzene rings is 3. The summed E-state index contributed by atoms with van der Waals surface area (Å²) >= 11 is 0. The number of H-pyrrole nitrogens is 1. The van der Waals surface area contributed by atoms with E-state index in [1.165, 1.54) is 0 Å². The van der Waals surface area contributed by atoms with Crippen molar-refractivity contribution in [3.8, 4) is 11.5 Å².